The Labute approximate surface area is 84.1 Å². The first-order chi connectivity index (χ1) is 6.83. The van der Waals surface area contributed by atoms with E-state index in [1.54, 1.807) is 0 Å². The molecule has 1 aliphatic heterocycles. The zero-order chi connectivity index (χ0) is 10.2. The fraction of sp³-hybridized carbons (Fsp3) is 0.889. The Balaban J connectivity index is 1.99. The number of amides is 1. The fourth-order valence-electron chi connectivity index (χ4n) is 1.45. The second-order valence-corrected chi connectivity index (χ2v) is 3.30. The molecule has 2 N–H and O–H groups in total. The highest BCUT2D eigenvalue weighted by Gasteiger charge is 2.13. The van der Waals surface area contributed by atoms with E-state index in [1.807, 2.05) is 0 Å². The molecular weight excluding hydrogens is 184 g/mol. The van der Waals surface area contributed by atoms with Crippen LogP contribution in [0.4, 0.5) is 0 Å². The quantitative estimate of drug-likeness (QED) is 0.607. The van der Waals surface area contributed by atoms with Crippen LogP contribution in [-0.2, 0) is 14.4 Å². The lowest BCUT2D eigenvalue weighted by molar-refractivity contribution is -0.133. The molecule has 0 unspecified atom stereocenters. The number of rotatable bonds is 5. The highest BCUT2D eigenvalue weighted by Crippen LogP contribution is 2.07. The molecule has 0 spiro atoms. The Morgan fingerprint density at radius 2 is 2.21 bits per heavy atom. The average molecular weight is 202 g/mol. The second-order valence-electron chi connectivity index (χ2n) is 3.30. The van der Waals surface area contributed by atoms with Crippen LogP contribution in [0.25, 0.3) is 0 Å². The molecule has 0 saturated carbocycles. The lowest BCUT2D eigenvalue weighted by Crippen LogP contribution is -2.33. The smallest absolute Gasteiger partial charge is 0.245 e. The van der Waals surface area contributed by atoms with Gasteiger partial charge in [-0.15, -0.1) is 0 Å². The van der Waals surface area contributed by atoms with E-state index in [2.05, 4.69) is 15.6 Å². The first-order valence-corrected chi connectivity index (χ1v) is 4.97. The van der Waals surface area contributed by atoms with Gasteiger partial charge in [-0.3, -0.25) is 9.63 Å². The second kappa shape index (κ2) is 6.75. The third kappa shape index (κ3) is 4.55. The molecule has 1 fully saturated rings. The van der Waals surface area contributed by atoms with E-state index in [-0.39, 0.29) is 5.91 Å². The molecule has 14 heavy (non-hydrogen) atoms. The van der Waals surface area contributed by atoms with Gasteiger partial charge in [0.25, 0.3) is 0 Å². The Morgan fingerprint density at radius 1 is 1.50 bits per heavy atom. The first kappa shape index (κ1) is 11.4. The molecule has 0 radical (unpaired) electrons. The van der Waals surface area contributed by atoms with Crippen LogP contribution in [0.2, 0.25) is 0 Å². The topological polar surface area (TPSA) is 59.6 Å². The number of nitrogens with one attached hydrogen (secondary N) is 2. The lowest BCUT2D eigenvalue weighted by Gasteiger charge is -2.22. The van der Waals surface area contributed by atoms with Crippen LogP contribution in [0, 0.1) is 0 Å². The number of ether oxygens (including phenoxy) is 1. The van der Waals surface area contributed by atoms with Gasteiger partial charge >= 0.3 is 0 Å². The predicted molar refractivity (Wildman–Crippen MR) is 51.6 cm³/mol. The molecule has 5 heteroatoms. The SMILES string of the molecule is CONC(=O)CCOC1CCNCC1. The van der Waals surface area contributed by atoms with Crippen LogP contribution in [0.3, 0.4) is 0 Å². The van der Waals surface area contributed by atoms with Crippen LogP contribution in [0.1, 0.15) is 19.3 Å². The van der Waals surface area contributed by atoms with Gasteiger partial charge < -0.3 is 10.1 Å². The van der Waals surface area contributed by atoms with Crippen molar-refractivity contribution in [1.29, 1.82) is 0 Å². The summed E-state index contributed by atoms with van der Waals surface area (Å²) in [6.07, 6.45) is 2.74. The van der Waals surface area contributed by atoms with Gasteiger partial charge in [0.15, 0.2) is 0 Å². The fourth-order valence-corrected chi connectivity index (χ4v) is 1.45. The summed E-state index contributed by atoms with van der Waals surface area (Å²) in [5, 5.41) is 3.25. The monoisotopic (exact) mass is 202 g/mol. The van der Waals surface area contributed by atoms with Gasteiger partial charge in [-0.2, -0.15) is 0 Å². The van der Waals surface area contributed by atoms with Gasteiger partial charge in [0.05, 0.1) is 26.2 Å². The van der Waals surface area contributed by atoms with Crippen molar-refractivity contribution >= 4 is 5.91 Å². The van der Waals surface area contributed by atoms with E-state index in [4.69, 9.17) is 4.74 Å². The number of hydrogen-bond donors (Lipinski definition) is 2. The largest absolute Gasteiger partial charge is 0.378 e. The molecule has 82 valence electrons. The Morgan fingerprint density at radius 3 is 2.86 bits per heavy atom. The predicted octanol–water partition coefficient (Wildman–Crippen LogP) is -0.177. The third-order valence-corrected chi connectivity index (χ3v) is 2.18. The molecule has 1 saturated heterocycles. The standard InChI is InChI=1S/C9H18N2O3/c1-13-11-9(12)4-7-14-8-2-5-10-6-3-8/h8,10H,2-7H2,1H3,(H,11,12). The summed E-state index contributed by atoms with van der Waals surface area (Å²) in [4.78, 5) is 15.4. The molecule has 0 bridgehead atoms. The van der Waals surface area contributed by atoms with Crippen molar-refractivity contribution < 1.29 is 14.4 Å². The van der Waals surface area contributed by atoms with Gasteiger partial charge in [-0.05, 0) is 25.9 Å². The zero-order valence-corrected chi connectivity index (χ0v) is 8.54. The summed E-state index contributed by atoms with van der Waals surface area (Å²) < 4.78 is 5.54. The summed E-state index contributed by atoms with van der Waals surface area (Å²) >= 11 is 0. The maximum absolute atomic E-state index is 11.0. The van der Waals surface area contributed by atoms with E-state index in [0.717, 1.165) is 25.9 Å². The lowest BCUT2D eigenvalue weighted by atomic mass is 10.1. The summed E-state index contributed by atoms with van der Waals surface area (Å²) in [5.74, 6) is -0.138. The first-order valence-electron chi connectivity index (χ1n) is 4.97. The van der Waals surface area contributed by atoms with E-state index in [9.17, 15) is 4.79 Å². The van der Waals surface area contributed by atoms with Crippen LogP contribution >= 0.6 is 0 Å². The minimum atomic E-state index is -0.138. The molecule has 1 rings (SSSR count). The highest BCUT2D eigenvalue weighted by molar-refractivity contribution is 5.74. The van der Waals surface area contributed by atoms with Crippen molar-refractivity contribution in [3.05, 3.63) is 0 Å². The van der Waals surface area contributed by atoms with Crippen molar-refractivity contribution in [1.82, 2.24) is 10.8 Å². The molecular formula is C9H18N2O3. The number of carbonyl (C=O) groups excluding carboxylic acids is 1. The Bertz CT molecular complexity index is 169. The summed E-state index contributed by atoms with van der Waals surface area (Å²) in [6, 6.07) is 0. The van der Waals surface area contributed by atoms with E-state index < -0.39 is 0 Å². The van der Waals surface area contributed by atoms with E-state index in [0.29, 0.717) is 19.1 Å². The minimum absolute atomic E-state index is 0.138. The zero-order valence-electron chi connectivity index (χ0n) is 8.54. The molecule has 1 amide bonds. The van der Waals surface area contributed by atoms with Crippen molar-refractivity contribution in [3.63, 3.8) is 0 Å². The summed E-state index contributed by atoms with van der Waals surface area (Å²) in [5.41, 5.74) is 2.25. The Kier molecular flexibility index (Phi) is 5.51. The molecule has 1 heterocycles. The Hall–Kier alpha value is -0.650. The van der Waals surface area contributed by atoms with Gasteiger partial charge in [0.2, 0.25) is 5.91 Å². The van der Waals surface area contributed by atoms with E-state index >= 15 is 0 Å². The van der Waals surface area contributed by atoms with Gasteiger partial charge in [0, 0.05) is 0 Å². The normalized spacial score (nSPS) is 18.1. The average Bonchev–Trinajstić information content (AvgIpc) is 2.20. The molecule has 0 aromatic carbocycles. The van der Waals surface area contributed by atoms with E-state index in [1.165, 1.54) is 7.11 Å². The van der Waals surface area contributed by atoms with Crippen LogP contribution < -0.4 is 10.8 Å². The molecule has 0 aliphatic carbocycles. The van der Waals surface area contributed by atoms with Crippen molar-refractivity contribution in [3.8, 4) is 0 Å². The third-order valence-electron chi connectivity index (χ3n) is 2.18. The number of hydrogen-bond acceptors (Lipinski definition) is 4. The highest BCUT2D eigenvalue weighted by atomic mass is 16.6. The van der Waals surface area contributed by atoms with Crippen molar-refractivity contribution in [2.24, 2.45) is 0 Å². The number of hydroxylamine groups is 1. The number of piperidine rings is 1. The summed E-state index contributed by atoms with van der Waals surface area (Å²) in [7, 11) is 1.42. The van der Waals surface area contributed by atoms with Crippen LogP contribution in [0.5, 0.6) is 0 Å². The van der Waals surface area contributed by atoms with Crippen molar-refractivity contribution in [2.45, 2.75) is 25.4 Å². The van der Waals surface area contributed by atoms with Gasteiger partial charge in [-0.1, -0.05) is 0 Å². The molecule has 5 nitrogen and oxygen atoms in total. The maximum Gasteiger partial charge on any atom is 0.245 e. The van der Waals surface area contributed by atoms with Gasteiger partial charge in [-0.25, -0.2) is 5.48 Å². The molecule has 0 aromatic heterocycles. The molecule has 1 aliphatic rings. The van der Waals surface area contributed by atoms with Crippen LogP contribution in [-0.4, -0.2) is 38.8 Å². The summed E-state index contributed by atoms with van der Waals surface area (Å²) in [6.45, 7) is 2.49. The number of carbonyl (C=O) groups is 1. The van der Waals surface area contributed by atoms with Gasteiger partial charge in [0.1, 0.15) is 0 Å². The molecule has 0 atom stereocenters. The van der Waals surface area contributed by atoms with Crippen LogP contribution in [0.15, 0.2) is 0 Å². The maximum atomic E-state index is 11.0. The van der Waals surface area contributed by atoms with Crippen molar-refractivity contribution in [2.75, 3.05) is 26.8 Å². The minimum Gasteiger partial charge on any atom is -0.378 e. The molecule has 0 aromatic rings.